The molecule has 1 aliphatic heterocycles. The summed E-state index contributed by atoms with van der Waals surface area (Å²) in [6.07, 6.45) is 0.587. The molecule has 2 amide bonds. The number of nitrogens with zero attached hydrogens (tertiary/aromatic N) is 1. The molecule has 0 saturated heterocycles. The average molecular weight is 428 g/mol. The van der Waals surface area contributed by atoms with Gasteiger partial charge in [-0.3, -0.25) is 14.5 Å². The van der Waals surface area contributed by atoms with E-state index in [0.717, 1.165) is 5.56 Å². The Morgan fingerprint density at radius 3 is 1.94 bits per heavy atom. The topological polar surface area (TPSA) is 67.9 Å². The van der Waals surface area contributed by atoms with E-state index in [-0.39, 0.29) is 17.5 Å². The summed E-state index contributed by atoms with van der Waals surface area (Å²) >= 11 is 0. The largest absolute Gasteiger partial charge is 0.497 e. The van der Waals surface area contributed by atoms with Gasteiger partial charge < -0.3 is 14.8 Å². The van der Waals surface area contributed by atoms with Crippen molar-refractivity contribution in [2.45, 2.75) is 6.42 Å². The molecule has 0 fully saturated rings. The summed E-state index contributed by atoms with van der Waals surface area (Å²) in [5, 5.41) is 3.16. The Kier molecular flexibility index (Phi) is 6.22. The SMILES string of the molecule is COc1ccc(NC2=C(c3ccc(OC)cc3)C(=O)N(CCc3ccccc3)C2=O)cc1. The molecule has 162 valence electrons. The quantitative estimate of drug-likeness (QED) is 0.546. The first kappa shape index (κ1) is 21.2. The minimum Gasteiger partial charge on any atom is -0.497 e. The molecule has 1 N–H and O–H groups in total. The third-order valence-electron chi connectivity index (χ3n) is 5.37. The first-order chi connectivity index (χ1) is 15.6. The standard InChI is InChI=1S/C26H24N2O4/c1-31-21-12-8-19(9-13-21)23-24(27-20-10-14-22(32-2)15-11-20)26(30)28(25(23)29)17-16-18-6-4-3-5-7-18/h3-15,27H,16-17H2,1-2H3. The van der Waals surface area contributed by atoms with Gasteiger partial charge in [-0.05, 0) is 53.9 Å². The Balaban J connectivity index is 1.65. The number of methoxy groups -OCH3 is 2. The lowest BCUT2D eigenvalue weighted by molar-refractivity contribution is -0.136. The number of ether oxygens (including phenoxy) is 2. The second-order valence-corrected chi connectivity index (χ2v) is 7.33. The van der Waals surface area contributed by atoms with Gasteiger partial charge in [0.2, 0.25) is 0 Å². The molecule has 0 saturated carbocycles. The predicted molar refractivity (Wildman–Crippen MR) is 123 cm³/mol. The molecule has 3 aromatic rings. The summed E-state index contributed by atoms with van der Waals surface area (Å²) in [6, 6.07) is 24.1. The number of hydrogen-bond acceptors (Lipinski definition) is 5. The van der Waals surface area contributed by atoms with E-state index in [2.05, 4.69) is 5.32 Å². The van der Waals surface area contributed by atoms with Gasteiger partial charge in [0.15, 0.2) is 0 Å². The number of amides is 2. The summed E-state index contributed by atoms with van der Waals surface area (Å²) < 4.78 is 10.4. The molecule has 1 heterocycles. The van der Waals surface area contributed by atoms with Crippen LogP contribution in [0.15, 0.2) is 84.6 Å². The Morgan fingerprint density at radius 1 is 0.750 bits per heavy atom. The van der Waals surface area contributed by atoms with Crippen molar-refractivity contribution in [1.82, 2.24) is 4.90 Å². The van der Waals surface area contributed by atoms with Crippen LogP contribution in [0.1, 0.15) is 11.1 Å². The molecule has 0 unspecified atom stereocenters. The number of imide groups is 1. The molecule has 0 atom stereocenters. The maximum absolute atomic E-state index is 13.3. The molecule has 0 aromatic heterocycles. The van der Waals surface area contributed by atoms with E-state index < -0.39 is 0 Å². The number of rotatable bonds is 8. The highest BCUT2D eigenvalue weighted by Crippen LogP contribution is 2.32. The van der Waals surface area contributed by atoms with Gasteiger partial charge in [-0.15, -0.1) is 0 Å². The van der Waals surface area contributed by atoms with Crippen molar-refractivity contribution in [1.29, 1.82) is 0 Å². The van der Waals surface area contributed by atoms with Gasteiger partial charge in [-0.1, -0.05) is 42.5 Å². The molecular formula is C26H24N2O4. The van der Waals surface area contributed by atoms with Crippen LogP contribution in [0.3, 0.4) is 0 Å². The Bertz CT molecular complexity index is 1140. The van der Waals surface area contributed by atoms with Gasteiger partial charge in [0.05, 0.1) is 19.8 Å². The van der Waals surface area contributed by atoms with Gasteiger partial charge in [0.1, 0.15) is 17.2 Å². The zero-order chi connectivity index (χ0) is 22.5. The van der Waals surface area contributed by atoms with Crippen LogP contribution in [0.2, 0.25) is 0 Å². The number of carbonyl (C=O) groups excluding carboxylic acids is 2. The molecule has 0 aliphatic carbocycles. The molecule has 0 spiro atoms. The number of nitrogens with one attached hydrogen (secondary N) is 1. The average Bonchev–Trinajstić information content (AvgIpc) is 3.07. The number of benzene rings is 3. The van der Waals surface area contributed by atoms with E-state index in [1.54, 1.807) is 50.6 Å². The van der Waals surface area contributed by atoms with Gasteiger partial charge in [0, 0.05) is 12.2 Å². The van der Waals surface area contributed by atoms with Crippen LogP contribution in [0.4, 0.5) is 5.69 Å². The van der Waals surface area contributed by atoms with Crippen LogP contribution < -0.4 is 14.8 Å². The molecule has 6 nitrogen and oxygen atoms in total. The first-order valence-corrected chi connectivity index (χ1v) is 10.3. The molecule has 3 aromatic carbocycles. The zero-order valence-corrected chi connectivity index (χ0v) is 18.0. The summed E-state index contributed by atoms with van der Waals surface area (Å²) in [6.45, 7) is 0.301. The van der Waals surface area contributed by atoms with Gasteiger partial charge >= 0.3 is 0 Å². The smallest absolute Gasteiger partial charge is 0.278 e. The fourth-order valence-electron chi connectivity index (χ4n) is 3.62. The maximum Gasteiger partial charge on any atom is 0.278 e. The maximum atomic E-state index is 13.3. The van der Waals surface area contributed by atoms with Crippen LogP contribution in [-0.2, 0) is 16.0 Å². The minimum absolute atomic E-state index is 0.262. The van der Waals surface area contributed by atoms with E-state index in [1.807, 2.05) is 42.5 Å². The van der Waals surface area contributed by atoms with Crippen LogP contribution >= 0.6 is 0 Å². The van der Waals surface area contributed by atoms with E-state index in [1.165, 1.54) is 4.90 Å². The van der Waals surface area contributed by atoms with Crippen LogP contribution in [0, 0.1) is 0 Å². The van der Waals surface area contributed by atoms with E-state index in [4.69, 9.17) is 9.47 Å². The second-order valence-electron chi connectivity index (χ2n) is 7.33. The highest BCUT2D eigenvalue weighted by Gasteiger charge is 2.38. The highest BCUT2D eigenvalue weighted by molar-refractivity contribution is 6.36. The highest BCUT2D eigenvalue weighted by atomic mass is 16.5. The lowest BCUT2D eigenvalue weighted by Crippen LogP contribution is -2.34. The normalized spacial score (nSPS) is 13.5. The summed E-state index contributed by atoms with van der Waals surface area (Å²) in [5.74, 6) is 0.731. The third kappa shape index (κ3) is 4.34. The van der Waals surface area contributed by atoms with E-state index in [0.29, 0.717) is 41.3 Å². The van der Waals surface area contributed by atoms with Crippen LogP contribution in [0.25, 0.3) is 5.57 Å². The Morgan fingerprint density at radius 2 is 1.34 bits per heavy atom. The summed E-state index contributed by atoms with van der Waals surface area (Å²) in [7, 11) is 3.18. The van der Waals surface area contributed by atoms with Crippen LogP contribution in [-0.4, -0.2) is 37.5 Å². The first-order valence-electron chi connectivity index (χ1n) is 10.3. The summed E-state index contributed by atoms with van der Waals surface area (Å²) in [5.41, 5.74) is 3.02. The molecule has 4 rings (SSSR count). The van der Waals surface area contributed by atoms with Crippen molar-refractivity contribution in [3.8, 4) is 11.5 Å². The van der Waals surface area contributed by atoms with Gasteiger partial charge in [-0.25, -0.2) is 0 Å². The molecule has 0 bridgehead atoms. The molecule has 6 heteroatoms. The minimum atomic E-state index is -0.340. The third-order valence-corrected chi connectivity index (χ3v) is 5.37. The monoisotopic (exact) mass is 428 g/mol. The van der Waals surface area contributed by atoms with Crippen molar-refractivity contribution in [2.75, 3.05) is 26.1 Å². The van der Waals surface area contributed by atoms with Crippen molar-refractivity contribution >= 4 is 23.1 Å². The van der Waals surface area contributed by atoms with E-state index >= 15 is 0 Å². The fourth-order valence-corrected chi connectivity index (χ4v) is 3.62. The summed E-state index contributed by atoms with van der Waals surface area (Å²) in [4.78, 5) is 28.0. The van der Waals surface area contributed by atoms with Crippen molar-refractivity contribution in [2.24, 2.45) is 0 Å². The van der Waals surface area contributed by atoms with Gasteiger partial charge in [-0.2, -0.15) is 0 Å². The molecule has 0 radical (unpaired) electrons. The molecule has 1 aliphatic rings. The lowest BCUT2D eigenvalue weighted by Gasteiger charge is -2.15. The Hall–Kier alpha value is -4.06. The van der Waals surface area contributed by atoms with Crippen LogP contribution in [0.5, 0.6) is 11.5 Å². The number of hydrogen-bond donors (Lipinski definition) is 1. The predicted octanol–water partition coefficient (Wildman–Crippen LogP) is 4.14. The number of anilines is 1. The fraction of sp³-hybridized carbons (Fsp3) is 0.154. The number of carbonyl (C=O) groups is 2. The molecular weight excluding hydrogens is 404 g/mol. The van der Waals surface area contributed by atoms with E-state index in [9.17, 15) is 9.59 Å². The van der Waals surface area contributed by atoms with Crippen molar-refractivity contribution in [3.63, 3.8) is 0 Å². The lowest BCUT2D eigenvalue weighted by atomic mass is 10.0. The Labute approximate surface area is 187 Å². The van der Waals surface area contributed by atoms with Gasteiger partial charge in [0.25, 0.3) is 11.8 Å². The second kappa shape index (κ2) is 9.39. The molecule has 32 heavy (non-hydrogen) atoms. The zero-order valence-electron chi connectivity index (χ0n) is 18.0. The van der Waals surface area contributed by atoms with Crippen molar-refractivity contribution < 1.29 is 19.1 Å². The van der Waals surface area contributed by atoms with Crippen molar-refractivity contribution in [3.05, 3.63) is 95.7 Å².